The van der Waals surface area contributed by atoms with Crippen molar-refractivity contribution in [3.8, 4) is 29.6 Å². The fourth-order valence-electron chi connectivity index (χ4n) is 5.47. The average Bonchev–Trinajstić information content (AvgIpc) is 3.27. The lowest BCUT2D eigenvalue weighted by atomic mass is 9.84. The van der Waals surface area contributed by atoms with E-state index >= 15 is 0 Å². The van der Waals surface area contributed by atoms with Gasteiger partial charge in [0.05, 0.1) is 58.9 Å². The summed E-state index contributed by atoms with van der Waals surface area (Å²) >= 11 is 0. The summed E-state index contributed by atoms with van der Waals surface area (Å²) in [4.78, 5) is 49.7. The zero-order valence-corrected chi connectivity index (χ0v) is 33.5. The molecule has 0 fully saturated rings. The lowest BCUT2D eigenvalue weighted by molar-refractivity contribution is -0.137. The summed E-state index contributed by atoms with van der Waals surface area (Å²) < 4.78 is 211. The van der Waals surface area contributed by atoms with E-state index in [-0.39, 0.29) is 37.9 Å². The molecule has 350 valence electrons. The minimum atomic E-state index is -2.52. The van der Waals surface area contributed by atoms with Gasteiger partial charge in [-0.25, -0.2) is 39.5 Å². The second-order valence-electron chi connectivity index (χ2n) is 13.7. The number of halogens is 13. The smallest absolute Gasteiger partial charge is 0.313 e. The van der Waals surface area contributed by atoms with Crippen molar-refractivity contribution < 1.29 is 105 Å². The molecular formula is C41H35F13O10. The first kappa shape index (κ1) is 52.6. The number of ether oxygens (including phenoxy) is 6. The SMILES string of the molecule is C#CCCC(=O)CCCC(COCCC(=O)Oc1c(F)c(C)c(F)c(F)c1F)(COCCC(=O)Oc1c(F)c(C)c(F)c(F)c1F)COCCC(=O)Oc1c(F)c(F)c(F)c(F)c1F. The first-order chi connectivity index (χ1) is 30.1. The van der Waals surface area contributed by atoms with Crippen LogP contribution >= 0.6 is 0 Å². The van der Waals surface area contributed by atoms with Crippen LogP contribution in [0.3, 0.4) is 0 Å². The topological polar surface area (TPSA) is 124 Å². The standard InChI is InChI=1S/C41H35F13O10/c1-4-5-7-21(55)8-6-12-41(16-59-13-9-22(56)62-38-27(44)19(2)25(42)29(46)34(38)51,17-60-14-10-23(57)63-39-28(45)20(3)26(43)30(47)35(39)52)18-61-15-11-24(58)64-40-36(53)32(49)31(48)33(50)37(40)54/h1H,5-18H2,2-3H3. The molecule has 23 heteroatoms. The minimum Gasteiger partial charge on any atom is -0.420 e. The molecule has 0 saturated heterocycles. The van der Waals surface area contributed by atoms with Crippen LogP contribution in [-0.2, 0) is 33.4 Å². The molecule has 0 radical (unpaired) electrons. The van der Waals surface area contributed by atoms with Crippen LogP contribution in [0.2, 0.25) is 0 Å². The fraction of sp³-hybridized carbons (Fsp3) is 0.415. The molecule has 0 aromatic heterocycles. The van der Waals surface area contributed by atoms with Gasteiger partial charge in [0.25, 0.3) is 0 Å². The van der Waals surface area contributed by atoms with Crippen LogP contribution in [0.4, 0.5) is 57.1 Å². The van der Waals surface area contributed by atoms with Crippen molar-refractivity contribution in [2.24, 2.45) is 5.41 Å². The third-order valence-corrected chi connectivity index (χ3v) is 8.99. The third-order valence-electron chi connectivity index (χ3n) is 8.99. The van der Waals surface area contributed by atoms with Gasteiger partial charge in [-0.1, -0.05) is 0 Å². The zero-order chi connectivity index (χ0) is 48.1. The molecule has 3 aromatic carbocycles. The number of terminal acetylenes is 1. The van der Waals surface area contributed by atoms with E-state index in [2.05, 4.69) is 20.1 Å². The van der Waals surface area contributed by atoms with Gasteiger partial charge in [0.2, 0.25) is 58.0 Å². The van der Waals surface area contributed by atoms with Crippen molar-refractivity contribution in [2.75, 3.05) is 39.6 Å². The average molecular weight is 935 g/mol. The largest absolute Gasteiger partial charge is 0.420 e. The molecule has 0 bridgehead atoms. The van der Waals surface area contributed by atoms with Crippen LogP contribution in [0, 0.1) is 107 Å². The van der Waals surface area contributed by atoms with Crippen molar-refractivity contribution >= 4 is 23.7 Å². The number of Topliss-reactive ketones (excluding diaryl/α,β-unsaturated/α-hetero) is 1. The van der Waals surface area contributed by atoms with E-state index in [1.54, 1.807) is 0 Å². The van der Waals surface area contributed by atoms with Crippen molar-refractivity contribution in [1.29, 1.82) is 0 Å². The predicted octanol–water partition coefficient (Wildman–Crippen LogP) is 8.59. The lowest BCUT2D eigenvalue weighted by Crippen LogP contribution is -2.38. The summed E-state index contributed by atoms with van der Waals surface area (Å²) in [6.07, 6.45) is 2.53. The highest BCUT2D eigenvalue weighted by molar-refractivity contribution is 5.78. The number of carbonyl (C=O) groups is 4. The van der Waals surface area contributed by atoms with Gasteiger partial charge in [0.1, 0.15) is 5.78 Å². The molecule has 0 amide bonds. The molecule has 64 heavy (non-hydrogen) atoms. The number of hydrogen-bond donors (Lipinski definition) is 0. The van der Waals surface area contributed by atoms with Crippen LogP contribution in [0.25, 0.3) is 0 Å². The first-order valence-corrected chi connectivity index (χ1v) is 18.6. The van der Waals surface area contributed by atoms with Gasteiger partial charge in [-0.2, -0.15) is 17.6 Å². The van der Waals surface area contributed by atoms with Crippen LogP contribution in [-0.4, -0.2) is 63.3 Å². The Balaban J connectivity index is 1.79. The van der Waals surface area contributed by atoms with Crippen molar-refractivity contribution in [3.05, 3.63) is 86.8 Å². The molecule has 0 aliphatic heterocycles. The highest BCUT2D eigenvalue weighted by atomic mass is 19.2. The molecule has 0 aliphatic carbocycles. The van der Waals surface area contributed by atoms with Gasteiger partial charge in [-0.3, -0.25) is 19.2 Å². The Hall–Kier alpha value is -5.73. The Bertz CT molecular complexity index is 1970. The molecule has 0 heterocycles. The highest BCUT2D eigenvalue weighted by Gasteiger charge is 2.34. The van der Waals surface area contributed by atoms with E-state index in [0.29, 0.717) is 0 Å². The number of ketones is 1. The van der Waals surface area contributed by atoms with E-state index in [9.17, 15) is 76.3 Å². The maximum Gasteiger partial charge on any atom is 0.313 e. The van der Waals surface area contributed by atoms with Crippen molar-refractivity contribution in [2.45, 2.75) is 65.2 Å². The lowest BCUT2D eigenvalue weighted by Gasteiger charge is -2.33. The van der Waals surface area contributed by atoms with Crippen LogP contribution in [0.15, 0.2) is 0 Å². The van der Waals surface area contributed by atoms with Crippen molar-refractivity contribution in [1.82, 2.24) is 0 Å². The molecule has 0 spiro atoms. The molecular weight excluding hydrogens is 899 g/mol. The van der Waals surface area contributed by atoms with E-state index in [1.807, 2.05) is 0 Å². The monoisotopic (exact) mass is 934 g/mol. The van der Waals surface area contributed by atoms with Crippen LogP contribution in [0.5, 0.6) is 17.2 Å². The molecule has 10 nitrogen and oxygen atoms in total. The van der Waals surface area contributed by atoms with E-state index < -0.39 is 186 Å². The number of hydrogen-bond acceptors (Lipinski definition) is 10. The highest BCUT2D eigenvalue weighted by Crippen LogP contribution is 2.33. The second kappa shape index (κ2) is 23.8. The summed E-state index contributed by atoms with van der Waals surface area (Å²) in [6.45, 7) is -2.15. The summed E-state index contributed by atoms with van der Waals surface area (Å²) in [5.74, 6) is -35.3. The minimum absolute atomic E-state index is 0.00787. The number of esters is 3. The van der Waals surface area contributed by atoms with E-state index in [0.717, 1.165) is 13.8 Å². The zero-order valence-electron chi connectivity index (χ0n) is 33.5. The number of carbonyl (C=O) groups excluding carboxylic acids is 4. The maximum atomic E-state index is 14.4. The Labute approximate surface area is 354 Å². The van der Waals surface area contributed by atoms with Gasteiger partial charge in [0.15, 0.2) is 34.9 Å². The Morgan fingerprint density at radius 2 is 0.766 bits per heavy atom. The van der Waals surface area contributed by atoms with Gasteiger partial charge < -0.3 is 28.4 Å². The molecule has 0 aliphatic rings. The normalized spacial score (nSPS) is 11.4. The maximum absolute atomic E-state index is 14.4. The fourth-order valence-corrected chi connectivity index (χ4v) is 5.47. The van der Waals surface area contributed by atoms with Gasteiger partial charge in [-0.05, 0) is 26.7 Å². The quantitative estimate of drug-likeness (QED) is 0.0164. The molecule has 0 unspecified atom stereocenters. The Morgan fingerprint density at radius 1 is 0.453 bits per heavy atom. The predicted molar refractivity (Wildman–Crippen MR) is 191 cm³/mol. The number of rotatable bonds is 24. The first-order valence-electron chi connectivity index (χ1n) is 18.6. The molecule has 3 rings (SSSR count). The van der Waals surface area contributed by atoms with Crippen LogP contribution < -0.4 is 14.2 Å². The molecule has 0 saturated carbocycles. The molecule has 0 N–H and O–H groups in total. The number of benzene rings is 3. The van der Waals surface area contributed by atoms with Gasteiger partial charge >= 0.3 is 17.9 Å². The van der Waals surface area contributed by atoms with Gasteiger partial charge in [-0.15, -0.1) is 12.3 Å². The summed E-state index contributed by atoms with van der Waals surface area (Å²) in [5.41, 5.74) is -3.51. The summed E-state index contributed by atoms with van der Waals surface area (Å²) in [5, 5.41) is 0. The molecule has 0 atom stereocenters. The summed E-state index contributed by atoms with van der Waals surface area (Å²) in [7, 11) is 0. The van der Waals surface area contributed by atoms with Gasteiger partial charge in [0, 0.05) is 35.8 Å². The van der Waals surface area contributed by atoms with E-state index in [1.165, 1.54) is 0 Å². The third kappa shape index (κ3) is 13.4. The second-order valence-corrected chi connectivity index (χ2v) is 13.7. The van der Waals surface area contributed by atoms with Crippen molar-refractivity contribution in [3.63, 3.8) is 0 Å². The summed E-state index contributed by atoms with van der Waals surface area (Å²) in [6, 6.07) is 0. The Kier molecular flexibility index (Phi) is 19.6. The Morgan fingerprint density at radius 3 is 1.11 bits per heavy atom. The molecule has 3 aromatic rings. The van der Waals surface area contributed by atoms with E-state index in [4.69, 9.17) is 20.6 Å². The van der Waals surface area contributed by atoms with Crippen LogP contribution in [0.1, 0.15) is 62.5 Å².